The van der Waals surface area contributed by atoms with Crippen LogP contribution in [-0.4, -0.2) is 22.0 Å². The van der Waals surface area contributed by atoms with Gasteiger partial charge in [0.2, 0.25) is 0 Å². The van der Waals surface area contributed by atoms with E-state index in [1.807, 2.05) is 0 Å². The molecule has 110 valence electrons. The number of nitrogens with one attached hydrogen (secondary N) is 1. The van der Waals surface area contributed by atoms with Crippen molar-refractivity contribution in [2.75, 3.05) is 12.4 Å². The Balaban J connectivity index is 2.15. The highest BCUT2D eigenvalue weighted by Gasteiger charge is 2.12. The maximum atomic E-state index is 10.9. The third kappa shape index (κ3) is 4.11. The molecule has 0 aliphatic carbocycles. The van der Waals surface area contributed by atoms with Crippen molar-refractivity contribution < 1.29 is 9.66 Å². The molecule has 0 aliphatic rings. The molecule has 2 aromatic rings. The summed E-state index contributed by atoms with van der Waals surface area (Å²) in [5.74, 6) is 0.926. The largest absolute Gasteiger partial charge is 0.377 e. The monoisotopic (exact) mass is 308 g/mol. The fourth-order valence-electron chi connectivity index (χ4n) is 1.77. The zero-order valence-electron chi connectivity index (χ0n) is 11.2. The number of nitrogens with zero attached hydrogens (tertiary/aromatic N) is 3. The van der Waals surface area contributed by atoms with Crippen LogP contribution in [0.4, 0.5) is 11.5 Å². The molecule has 0 aliphatic heterocycles. The molecule has 1 N–H and O–H groups in total. The number of ether oxygens (including phenoxy) is 1. The molecule has 0 bridgehead atoms. The van der Waals surface area contributed by atoms with E-state index in [1.54, 1.807) is 24.3 Å². The van der Waals surface area contributed by atoms with Crippen molar-refractivity contribution in [3.8, 4) is 0 Å². The van der Waals surface area contributed by atoms with E-state index in [4.69, 9.17) is 16.3 Å². The minimum atomic E-state index is -0.416. The molecule has 1 heterocycles. The van der Waals surface area contributed by atoms with Crippen LogP contribution in [0, 0.1) is 10.1 Å². The average molecular weight is 309 g/mol. The van der Waals surface area contributed by atoms with Crippen LogP contribution in [0.5, 0.6) is 0 Å². The lowest BCUT2D eigenvalue weighted by Gasteiger charge is -2.08. The number of methoxy groups -OCH3 is 1. The van der Waals surface area contributed by atoms with Crippen LogP contribution < -0.4 is 5.32 Å². The first-order valence-corrected chi connectivity index (χ1v) is 6.46. The van der Waals surface area contributed by atoms with Gasteiger partial charge in [-0.05, 0) is 0 Å². The van der Waals surface area contributed by atoms with Crippen LogP contribution in [0.2, 0.25) is 5.15 Å². The molecular formula is C13H13ClN4O3. The van der Waals surface area contributed by atoms with Crippen LogP contribution in [0.1, 0.15) is 11.4 Å². The maximum absolute atomic E-state index is 10.9. The van der Waals surface area contributed by atoms with Gasteiger partial charge >= 0.3 is 0 Å². The quantitative estimate of drug-likeness (QED) is 0.501. The number of benzene rings is 1. The Morgan fingerprint density at radius 2 is 2.14 bits per heavy atom. The van der Waals surface area contributed by atoms with Gasteiger partial charge in [-0.25, -0.2) is 9.97 Å². The summed E-state index contributed by atoms with van der Waals surface area (Å²) in [6, 6.07) is 8.06. The Hall–Kier alpha value is -2.25. The third-order valence-corrected chi connectivity index (χ3v) is 2.86. The molecule has 1 aromatic carbocycles. The maximum Gasteiger partial charge on any atom is 0.274 e. The molecule has 21 heavy (non-hydrogen) atoms. The van der Waals surface area contributed by atoms with Gasteiger partial charge in [0.25, 0.3) is 5.69 Å². The summed E-state index contributed by atoms with van der Waals surface area (Å²) in [5, 5.41) is 14.2. The smallest absolute Gasteiger partial charge is 0.274 e. The Morgan fingerprint density at radius 1 is 1.38 bits per heavy atom. The first kappa shape index (κ1) is 15.1. The van der Waals surface area contributed by atoms with Crippen molar-refractivity contribution in [2.45, 2.75) is 13.2 Å². The predicted octanol–water partition coefficient (Wildman–Crippen LogP) is 2.80. The van der Waals surface area contributed by atoms with E-state index in [-0.39, 0.29) is 24.0 Å². The Morgan fingerprint density at radius 3 is 2.86 bits per heavy atom. The molecule has 0 amide bonds. The van der Waals surface area contributed by atoms with Gasteiger partial charge in [0.15, 0.2) is 5.82 Å². The van der Waals surface area contributed by atoms with Gasteiger partial charge in [-0.3, -0.25) is 10.1 Å². The molecule has 0 unspecified atom stereocenters. The molecular weight excluding hydrogens is 296 g/mol. The van der Waals surface area contributed by atoms with Crippen molar-refractivity contribution in [3.63, 3.8) is 0 Å². The van der Waals surface area contributed by atoms with Crippen LogP contribution in [0.25, 0.3) is 0 Å². The summed E-state index contributed by atoms with van der Waals surface area (Å²) < 4.78 is 4.95. The fraction of sp³-hybridized carbons (Fsp3) is 0.231. The van der Waals surface area contributed by atoms with Crippen LogP contribution in [-0.2, 0) is 17.9 Å². The number of aromatic nitrogens is 2. The second kappa shape index (κ2) is 6.96. The van der Waals surface area contributed by atoms with Gasteiger partial charge in [0.1, 0.15) is 17.6 Å². The highest BCUT2D eigenvalue weighted by atomic mass is 35.5. The van der Waals surface area contributed by atoms with E-state index in [2.05, 4.69) is 15.3 Å². The second-order valence-electron chi connectivity index (χ2n) is 4.16. The molecule has 0 fully saturated rings. The topological polar surface area (TPSA) is 90.2 Å². The minimum absolute atomic E-state index is 0.0577. The van der Waals surface area contributed by atoms with E-state index < -0.39 is 4.92 Å². The summed E-state index contributed by atoms with van der Waals surface area (Å²) in [7, 11) is 1.53. The van der Waals surface area contributed by atoms with E-state index in [0.717, 1.165) is 0 Å². The summed E-state index contributed by atoms with van der Waals surface area (Å²) in [6.45, 7) is 0.498. The zero-order chi connectivity index (χ0) is 15.2. The lowest BCUT2D eigenvalue weighted by molar-refractivity contribution is -0.385. The lowest BCUT2D eigenvalue weighted by atomic mass is 10.2. The molecule has 0 saturated carbocycles. The molecule has 8 heteroatoms. The molecule has 2 rings (SSSR count). The van der Waals surface area contributed by atoms with Gasteiger partial charge in [-0.2, -0.15) is 0 Å². The number of hydrogen-bond donors (Lipinski definition) is 1. The minimum Gasteiger partial charge on any atom is -0.377 e. The SMILES string of the molecule is COCc1nc(Cl)cc(NCc2ccccc2[N+](=O)[O-])n1. The van der Waals surface area contributed by atoms with Gasteiger partial charge in [-0.1, -0.05) is 29.8 Å². The number of nitro groups is 1. The predicted molar refractivity (Wildman–Crippen MR) is 78.2 cm³/mol. The normalized spacial score (nSPS) is 10.4. The first-order valence-electron chi connectivity index (χ1n) is 6.08. The molecule has 0 spiro atoms. The lowest BCUT2D eigenvalue weighted by Crippen LogP contribution is -2.07. The van der Waals surface area contributed by atoms with Gasteiger partial charge < -0.3 is 10.1 Å². The van der Waals surface area contributed by atoms with E-state index in [9.17, 15) is 10.1 Å². The first-order chi connectivity index (χ1) is 10.1. The number of hydrogen-bond acceptors (Lipinski definition) is 6. The van der Waals surface area contributed by atoms with Crippen molar-refractivity contribution >= 4 is 23.1 Å². The van der Waals surface area contributed by atoms with Gasteiger partial charge in [0.05, 0.1) is 4.92 Å². The molecule has 0 radical (unpaired) electrons. The standard InChI is InChI=1S/C13H13ClN4O3/c1-21-8-13-16-11(14)6-12(17-13)15-7-9-4-2-3-5-10(9)18(19)20/h2-6H,7-8H2,1H3,(H,15,16,17). The summed E-state index contributed by atoms with van der Waals surface area (Å²) in [4.78, 5) is 18.7. The number of nitro benzene ring substituents is 1. The number of anilines is 1. The molecule has 0 atom stereocenters. The van der Waals surface area contributed by atoms with Crippen LogP contribution in [0.3, 0.4) is 0 Å². The van der Waals surface area contributed by atoms with Crippen LogP contribution >= 0.6 is 11.6 Å². The number of halogens is 1. The highest BCUT2D eigenvalue weighted by Crippen LogP contribution is 2.19. The Bertz CT molecular complexity index is 651. The molecule has 0 saturated heterocycles. The number of para-hydroxylation sites is 1. The summed E-state index contributed by atoms with van der Waals surface area (Å²) >= 11 is 5.89. The summed E-state index contributed by atoms with van der Waals surface area (Å²) in [6.07, 6.45) is 0. The van der Waals surface area contributed by atoms with Crippen molar-refractivity contribution in [1.82, 2.24) is 9.97 Å². The fourth-order valence-corrected chi connectivity index (χ4v) is 1.97. The average Bonchev–Trinajstić information content (AvgIpc) is 2.45. The zero-order valence-corrected chi connectivity index (χ0v) is 12.0. The molecule has 7 nitrogen and oxygen atoms in total. The second-order valence-corrected chi connectivity index (χ2v) is 4.55. The van der Waals surface area contributed by atoms with Gasteiger partial charge in [0, 0.05) is 31.4 Å². The third-order valence-electron chi connectivity index (χ3n) is 2.66. The highest BCUT2D eigenvalue weighted by molar-refractivity contribution is 6.29. The Labute approximate surface area is 126 Å². The van der Waals surface area contributed by atoms with E-state index >= 15 is 0 Å². The van der Waals surface area contributed by atoms with Crippen molar-refractivity contribution in [3.05, 3.63) is 57.0 Å². The Kier molecular flexibility index (Phi) is 5.02. The van der Waals surface area contributed by atoms with E-state index in [1.165, 1.54) is 13.2 Å². The molecule has 1 aromatic heterocycles. The van der Waals surface area contributed by atoms with E-state index in [0.29, 0.717) is 17.2 Å². The van der Waals surface area contributed by atoms with Crippen molar-refractivity contribution in [2.24, 2.45) is 0 Å². The number of rotatable bonds is 6. The summed E-state index contributed by atoms with van der Waals surface area (Å²) in [5.41, 5.74) is 0.618. The van der Waals surface area contributed by atoms with Crippen molar-refractivity contribution in [1.29, 1.82) is 0 Å². The van der Waals surface area contributed by atoms with Gasteiger partial charge in [-0.15, -0.1) is 0 Å². The van der Waals surface area contributed by atoms with Crippen LogP contribution in [0.15, 0.2) is 30.3 Å².